The SMILES string of the molecule is CCCC(C)(O)CNc1ccncc1C(=O)O. The van der Waals surface area contributed by atoms with Gasteiger partial charge in [0.2, 0.25) is 0 Å². The molecule has 0 aliphatic rings. The van der Waals surface area contributed by atoms with Crippen molar-refractivity contribution in [3.05, 3.63) is 24.0 Å². The number of nitrogens with one attached hydrogen (secondary N) is 1. The van der Waals surface area contributed by atoms with E-state index in [1.54, 1.807) is 13.0 Å². The minimum absolute atomic E-state index is 0.111. The number of hydrogen-bond donors (Lipinski definition) is 3. The van der Waals surface area contributed by atoms with Gasteiger partial charge in [0.15, 0.2) is 0 Å². The fourth-order valence-electron chi connectivity index (χ4n) is 1.63. The molecule has 0 bridgehead atoms. The fourth-order valence-corrected chi connectivity index (χ4v) is 1.63. The van der Waals surface area contributed by atoms with Crippen molar-refractivity contribution in [3.63, 3.8) is 0 Å². The summed E-state index contributed by atoms with van der Waals surface area (Å²) in [5.41, 5.74) is -0.253. The van der Waals surface area contributed by atoms with Crippen molar-refractivity contribution in [3.8, 4) is 0 Å². The Balaban J connectivity index is 2.72. The molecule has 17 heavy (non-hydrogen) atoms. The Morgan fingerprint density at radius 1 is 1.59 bits per heavy atom. The van der Waals surface area contributed by atoms with E-state index < -0.39 is 11.6 Å². The van der Waals surface area contributed by atoms with Crippen LogP contribution in [-0.2, 0) is 0 Å². The Labute approximate surface area is 101 Å². The van der Waals surface area contributed by atoms with E-state index >= 15 is 0 Å². The number of carbonyl (C=O) groups is 1. The van der Waals surface area contributed by atoms with Gasteiger partial charge in [-0.25, -0.2) is 4.79 Å². The largest absolute Gasteiger partial charge is 0.478 e. The highest BCUT2D eigenvalue weighted by molar-refractivity contribution is 5.93. The smallest absolute Gasteiger partial charge is 0.339 e. The first-order chi connectivity index (χ1) is 7.96. The number of aliphatic hydroxyl groups is 1. The molecule has 1 aromatic heterocycles. The Bertz CT molecular complexity index is 391. The molecular weight excluding hydrogens is 220 g/mol. The van der Waals surface area contributed by atoms with Crippen LogP contribution in [0.2, 0.25) is 0 Å². The second kappa shape index (κ2) is 5.63. The van der Waals surface area contributed by atoms with Crippen molar-refractivity contribution in [2.24, 2.45) is 0 Å². The summed E-state index contributed by atoms with van der Waals surface area (Å²) < 4.78 is 0. The molecule has 1 rings (SSSR count). The fraction of sp³-hybridized carbons (Fsp3) is 0.500. The molecule has 1 aromatic rings. The molecule has 0 radical (unpaired) electrons. The Kier molecular flexibility index (Phi) is 4.45. The van der Waals surface area contributed by atoms with Crippen LogP contribution in [0.25, 0.3) is 0 Å². The summed E-state index contributed by atoms with van der Waals surface area (Å²) in [7, 11) is 0. The molecule has 3 N–H and O–H groups in total. The summed E-state index contributed by atoms with van der Waals surface area (Å²) in [5.74, 6) is -1.03. The zero-order valence-corrected chi connectivity index (χ0v) is 10.1. The highest BCUT2D eigenvalue weighted by atomic mass is 16.4. The molecule has 0 spiro atoms. The van der Waals surface area contributed by atoms with Crippen molar-refractivity contribution in [2.45, 2.75) is 32.3 Å². The lowest BCUT2D eigenvalue weighted by atomic mass is 10.0. The van der Waals surface area contributed by atoms with Gasteiger partial charge in [-0.3, -0.25) is 4.98 Å². The van der Waals surface area contributed by atoms with Gasteiger partial charge in [-0.1, -0.05) is 13.3 Å². The zero-order chi connectivity index (χ0) is 12.9. The summed E-state index contributed by atoms with van der Waals surface area (Å²) in [6, 6.07) is 1.59. The first-order valence-corrected chi connectivity index (χ1v) is 5.60. The van der Waals surface area contributed by atoms with Gasteiger partial charge in [0.1, 0.15) is 5.56 Å². The van der Waals surface area contributed by atoms with E-state index in [1.807, 2.05) is 6.92 Å². The third-order valence-electron chi connectivity index (χ3n) is 2.50. The third-order valence-corrected chi connectivity index (χ3v) is 2.50. The van der Waals surface area contributed by atoms with Crippen LogP contribution in [0.4, 0.5) is 5.69 Å². The minimum atomic E-state index is -1.03. The molecule has 5 heteroatoms. The van der Waals surface area contributed by atoms with E-state index in [0.717, 1.165) is 6.42 Å². The quantitative estimate of drug-likeness (QED) is 0.703. The number of anilines is 1. The summed E-state index contributed by atoms with van der Waals surface area (Å²) in [6.07, 6.45) is 4.34. The van der Waals surface area contributed by atoms with E-state index in [4.69, 9.17) is 5.11 Å². The topological polar surface area (TPSA) is 82.5 Å². The van der Waals surface area contributed by atoms with Gasteiger partial charge in [-0.15, -0.1) is 0 Å². The Morgan fingerprint density at radius 2 is 2.29 bits per heavy atom. The van der Waals surface area contributed by atoms with Gasteiger partial charge < -0.3 is 15.5 Å². The molecule has 1 heterocycles. The number of hydrogen-bond acceptors (Lipinski definition) is 4. The molecule has 94 valence electrons. The zero-order valence-electron chi connectivity index (χ0n) is 10.1. The first kappa shape index (κ1) is 13.4. The number of nitrogens with zero attached hydrogens (tertiary/aromatic N) is 1. The van der Waals surface area contributed by atoms with Gasteiger partial charge in [0.05, 0.1) is 11.3 Å². The minimum Gasteiger partial charge on any atom is -0.478 e. The molecule has 0 aliphatic carbocycles. The first-order valence-electron chi connectivity index (χ1n) is 5.60. The molecule has 0 fully saturated rings. The highest BCUT2D eigenvalue weighted by Crippen LogP contribution is 2.17. The van der Waals surface area contributed by atoms with Crippen molar-refractivity contribution in [1.82, 2.24) is 4.98 Å². The van der Waals surface area contributed by atoms with Crippen molar-refractivity contribution < 1.29 is 15.0 Å². The predicted octanol–water partition coefficient (Wildman–Crippen LogP) is 1.74. The van der Waals surface area contributed by atoms with E-state index in [1.165, 1.54) is 12.4 Å². The maximum atomic E-state index is 10.9. The van der Waals surface area contributed by atoms with E-state index in [0.29, 0.717) is 18.7 Å². The van der Waals surface area contributed by atoms with Crippen LogP contribution in [0.15, 0.2) is 18.5 Å². The second-order valence-electron chi connectivity index (χ2n) is 4.33. The van der Waals surface area contributed by atoms with Crippen LogP contribution in [0.1, 0.15) is 37.0 Å². The van der Waals surface area contributed by atoms with Crippen LogP contribution < -0.4 is 5.32 Å². The second-order valence-corrected chi connectivity index (χ2v) is 4.33. The molecule has 5 nitrogen and oxygen atoms in total. The summed E-state index contributed by atoms with van der Waals surface area (Å²) >= 11 is 0. The normalized spacial score (nSPS) is 14.1. The third kappa shape index (κ3) is 4.03. The number of aromatic carboxylic acids is 1. The number of carboxylic acids is 1. The molecule has 0 amide bonds. The lowest BCUT2D eigenvalue weighted by Crippen LogP contribution is -2.33. The summed E-state index contributed by atoms with van der Waals surface area (Å²) in [4.78, 5) is 14.7. The molecule has 1 unspecified atom stereocenters. The maximum absolute atomic E-state index is 10.9. The average molecular weight is 238 g/mol. The number of pyridine rings is 1. The summed E-state index contributed by atoms with van der Waals surface area (Å²) in [5, 5.41) is 21.9. The molecule has 0 saturated heterocycles. The monoisotopic (exact) mass is 238 g/mol. The van der Waals surface area contributed by atoms with Crippen molar-refractivity contribution in [2.75, 3.05) is 11.9 Å². The maximum Gasteiger partial charge on any atom is 0.339 e. The number of aromatic nitrogens is 1. The highest BCUT2D eigenvalue weighted by Gasteiger charge is 2.19. The number of carboxylic acid groups (broad SMARTS) is 1. The van der Waals surface area contributed by atoms with Crippen molar-refractivity contribution >= 4 is 11.7 Å². The van der Waals surface area contributed by atoms with Crippen LogP contribution in [0.5, 0.6) is 0 Å². The molecule has 1 atom stereocenters. The van der Waals surface area contributed by atoms with Crippen LogP contribution in [-0.4, -0.2) is 33.3 Å². The molecular formula is C12H18N2O3. The standard InChI is InChI=1S/C12H18N2O3/c1-3-5-12(2,17)8-14-10-4-6-13-7-9(10)11(15)16/h4,6-7,17H,3,5,8H2,1-2H3,(H,13,14)(H,15,16). The Hall–Kier alpha value is -1.62. The number of rotatable bonds is 6. The van der Waals surface area contributed by atoms with Crippen molar-refractivity contribution in [1.29, 1.82) is 0 Å². The van der Waals surface area contributed by atoms with E-state index in [-0.39, 0.29) is 5.56 Å². The van der Waals surface area contributed by atoms with Crippen LogP contribution >= 0.6 is 0 Å². The molecule has 0 saturated carbocycles. The van der Waals surface area contributed by atoms with Gasteiger partial charge >= 0.3 is 5.97 Å². The average Bonchev–Trinajstić information content (AvgIpc) is 2.27. The van der Waals surface area contributed by atoms with Crippen LogP contribution in [0.3, 0.4) is 0 Å². The van der Waals surface area contributed by atoms with E-state index in [9.17, 15) is 9.90 Å². The Morgan fingerprint density at radius 3 is 2.88 bits per heavy atom. The van der Waals surface area contributed by atoms with Gasteiger partial charge in [0.25, 0.3) is 0 Å². The molecule has 0 aliphatic heterocycles. The lowest BCUT2D eigenvalue weighted by Gasteiger charge is -2.24. The lowest BCUT2D eigenvalue weighted by molar-refractivity contribution is 0.0630. The van der Waals surface area contributed by atoms with Crippen LogP contribution in [0, 0.1) is 0 Å². The molecule has 0 aromatic carbocycles. The van der Waals surface area contributed by atoms with Gasteiger partial charge in [-0.2, -0.15) is 0 Å². The summed E-state index contributed by atoms with van der Waals surface area (Å²) in [6.45, 7) is 4.03. The predicted molar refractivity (Wildman–Crippen MR) is 65.2 cm³/mol. The van der Waals surface area contributed by atoms with Gasteiger partial charge in [0, 0.05) is 18.9 Å². The van der Waals surface area contributed by atoms with Gasteiger partial charge in [-0.05, 0) is 19.4 Å². The van der Waals surface area contributed by atoms with E-state index in [2.05, 4.69) is 10.3 Å².